The Morgan fingerprint density at radius 2 is 1.88 bits per heavy atom. The molecule has 1 N–H and O–H groups in total. The number of alkyl halides is 2. The summed E-state index contributed by atoms with van der Waals surface area (Å²) in [5.74, 6) is -1.27. The van der Waals surface area contributed by atoms with Gasteiger partial charge < -0.3 is 19.2 Å². The smallest absolute Gasteiger partial charge is 0.314 e. The van der Waals surface area contributed by atoms with Gasteiger partial charge in [-0.15, -0.1) is 10.2 Å². The Morgan fingerprint density at radius 3 is 2.60 bits per heavy atom. The van der Waals surface area contributed by atoms with Gasteiger partial charge in [0, 0.05) is 66.7 Å². The minimum atomic E-state index is -2.96. The van der Waals surface area contributed by atoms with Crippen molar-refractivity contribution in [1.29, 1.82) is 0 Å². The molecule has 0 aliphatic heterocycles. The third-order valence-corrected chi connectivity index (χ3v) is 6.75. The molecule has 14 heteroatoms. The molecular formula is C28H25ClF2N6O5. The first-order valence-corrected chi connectivity index (χ1v) is 13.0. The van der Waals surface area contributed by atoms with Crippen molar-refractivity contribution in [2.24, 2.45) is 7.05 Å². The van der Waals surface area contributed by atoms with Gasteiger partial charge in [0.2, 0.25) is 11.8 Å². The monoisotopic (exact) mass is 598 g/mol. The van der Waals surface area contributed by atoms with Gasteiger partial charge in [0.1, 0.15) is 11.8 Å². The first-order valence-electron chi connectivity index (χ1n) is 12.6. The zero-order valence-electron chi connectivity index (χ0n) is 22.7. The van der Waals surface area contributed by atoms with Gasteiger partial charge in [-0.05, 0) is 42.0 Å². The summed E-state index contributed by atoms with van der Waals surface area (Å²) in [4.78, 5) is 27.1. The van der Waals surface area contributed by atoms with Crippen molar-refractivity contribution in [3.8, 4) is 28.3 Å². The van der Waals surface area contributed by atoms with E-state index in [0.717, 1.165) is 10.9 Å². The van der Waals surface area contributed by atoms with Gasteiger partial charge in [-0.25, -0.2) is 0 Å². The SMILES string of the molecule is COCCC(C(=O)Nc1ccc2nn(C)cc2c1)n1cc(OC)c(-c2cc(Cl)ccc2-c2nnc(C(F)F)o2)cc1=O. The predicted molar refractivity (Wildman–Crippen MR) is 151 cm³/mol. The van der Waals surface area contributed by atoms with Gasteiger partial charge in [0.15, 0.2) is 0 Å². The zero-order chi connectivity index (χ0) is 30.0. The average molecular weight is 599 g/mol. The first-order chi connectivity index (χ1) is 20.2. The van der Waals surface area contributed by atoms with Crippen LogP contribution < -0.4 is 15.6 Å². The van der Waals surface area contributed by atoms with Gasteiger partial charge in [0.05, 0.1) is 18.8 Å². The van der Waals surface area contributed by atoms with Crippen molar-refractivity contribution in [1.82, 2.24) is 24.5 Å². The number of nitrogens with zero attached hydrogens (tertiary/aromatic N) is 5. The third kappa shape index (κ3) is 5.87. The Kier molecular flexibility index (Phi) is 8.31. The maximum absolute atomic E-state index is 13.5. The Morgan fingerprint density at radius 1 is 1.07 bits per heavy atom. The highest BCUT2D eigenvalue weighted by molar-refractivity contribution is 6.31. The molecule has 0 aliphatic rings. The lowest BCUT2D eigenvalue weighted by Crippen LogP contribution is -2.34. The number of halogens is 3. The summed E-state index contributed by atoms with van der Waals surface area (Å²) < 4.78 is 45.1. The molecule has 1 amide bonds. The van der Waals surface area contributed by atoms with Crippen LogP contribution in [0.5, 0.6) is 5.75 Å². The number of carbonyl (C=O) groups excluding carboxylic acids is 1. The number of hydrogen-bond donors (Lipinski definition) is 1. The number of anilines is 1. The van der Waals surface area contributed by atoms with E-state index in [1.165, 1.54) is 49.2 Å². The second-order valence-corrected chi connectivity index (χ2v) is 9.74. The summed E-state index contributed by atoms with van der Waals surface area (Å²) in [5.41, 5.74) is 1.64. The molecule has 2 aromatic carbocycles. The van der Waals surface area contributed by atoms with Crippen molar-refractivity contribution in [2.75, 3.05) is 26.1 Å². The maximum atomic E-state index is 13.5. The number of carbonyl (C=O) groups is 1. The number of aryl methyl sites for hydroxylation is 1. The number of fused-ring (bicyclic) bond motifs is 1. The lowest BCUT2D eigenvalue weighted by molar-refractivity contribution is -0.119. The van der Waals surface area contributed by atoms with Crippen LogP contribution in [0.2, 0.25) is 5.02 Å². The van der Waals surface area contributed by atoms with Crippen LogP contribution in [0.1, 0.15) is 24.8 Å². The van der Waals surface area contributed by atoms with Crippen LogP contribution in [0.3, 0.4) is 0 Å². The minimum absolute atomic E-state index is 0.181. The Balaban J connectivity index is 1.54. The highest BCUT2D eigenvalue weighted by Crippen LogP contribution is 2.38. The van der Waals surface area contributed by atoms with Crippen LogP contribution in [-0.4, -0.2) is 51.3 Å². The maximum Gasteiger partial charge on any atom is 0.314 e. The van der Waals surface area contributed by atoms with Crippen LogP contribution in [-0.2, 0) is 16.6 Å². The molecule has 0 aliphatic carbocycles. The number of methoxy groups -OCH3 is 2. The molecule has 218 valence electrons. The topological polar surface area (TPSA) is 126 Å². The number of amides is 1. The molecule has 0 fully saturated rings. The van der Waals surface area contributed by atoms with Gasteiger partial charge in [-0.2, -0.15) is 13.9 Å². The number of nitrogens with one attached hydrogen (secondary N) is 1. The Bertz CT molecular complexity index is 1820. The number of benzene rings is 2. The average Bonchev–Trinajstić information content (AvgIpc) is 3.60. The Labute approximate surface area is 242 Å². The second kappa shape index (κ2) is 12.1. The van der Waals surface area contributed by atoms with Crippen molar-refractivity contribution in [3.63, 3.8) is 0 Å². The molecule has 42 heavy (non-hydrogen) atoms. The number of pyridine rings is 1. The molecule has 0 radical (unpaired) electrons. The van der Waals surface area contributed by atoms with Gasteiger partial charge in [-0.3, -0.25) is 18.8 Å². The van der Waals surface area contributed by atoms with Crippen molar-refractivity contribution < 1.29 is 27.5 Å². The molecule has 3 aromatic heterocycles. The van der Waals surface area contributed by atoms with Crippen LogP contribution in [0.25, 0.3) is 33.5 Å². The molecule has 0 saturated heterocycles. The molecule has 5 rings (SSSR count). The Hall–Kier alpha value is -4.62. The van der Waals surface area contributed by atoms with Crippen LogP contribution >= 0.6 is 11.6 Å². The van der Waals surface area contributed by atoms with E-state index < -0.39 is 29.8 Å². The van der Waals surface area contributed by atoms with Gasteiger partial charge in [0.25, 0.3) is 11.4 Å². The molecular weight excluding hydrogens is 574 g/mol. The standard InChI is InChI=1S/C28H25ClF2N6O5/c1-36-13-15-10-17(5-7-21(15)35-36)32-26(39)22(8-9-40-2)37-14-23(41-3)20(12-24(37)38)19-11-16(29)4-6-18(19)27-33-34-28(42-27)25(30)31/h4-7,10-14,22,25H,8-9H2,1-3H3,(H,32,39). The summed E-state index contributed by atoms with van der Waals surface area (Å²) in [7, 11) is 4.69. The van der Waals surface area contributed by atoms with E-state index in [2.05, 4.69) is 20.6 Å². The van der Waals surface area contributed by atoms with Crippen molar-refractivity contribution in [2.45, 2.75) is 18.9 Å². The summed E-state index contributed by atoms with van der Waals surface area (Å²) in [6.07, 6.45) is 0.460. The van der Waals surface area contributed by atoms with E-state index in [0.29, 0.717) is 16.3 Å². The summed E-state index contributed by atoms with van der Waals surface area (Å²) >= 11 is 6.26. The van der Waals surface area contributed by atoms with Crippen LogP contribution in [0, 0.1) is 0 Å². The van der Waals surface area contributed by atoms with Gasteiger partial charge in [-0.1, -0.05) is 11.6 Å². The van der Waals surface area contributed by atoms with E-state index in [9.17, 15) is 18.4 Å². The minimum Gasteiger partial charge on any atom is -0.495 e. The molecule has 1 unspecified atom stereocenters. The van der Waals surface area contributed by atoms with E-state index >= 15 is 0 Å². The molecule has 0 bridgehead atoms. The highest BCUT2D eigenvalue weighted by atomic mass is 35.5. The van der Waals surface area contributed by atoms with Gasteiger partial charge >= 0.3 is 6.43 Å². The molecule has 1 atom stereocenters. The lowest BCUT2D eigenvalue weighted by Gasteiger charge is -2.21. The summed E-state index contributed by atoms with van der Waals surface area (Å²) in [6.45, 7) is 0.193. The highest BCUT2D eigenvalue weighted by Gasteiger charge is 2.26. The first kappa shape index (κ1) is 28.9. The predicted octanol–water partition coefficient (Wildman–Crippen LogP) is 5.27. The second-order valence-electron chi connectivity index (χ2n) is 9.30. The fourth-order valence-corrected chi connectivity index (χ4v) is 4.75. The van der Waals surface area contributed by atoms with Crippen LogP contribution in [0.15, 0.2) is 64.1 Å². The fourth-order valence-electron chi connectivity index (χ4n) is 4.58. The fraction of sp³-hybridized carbons (Fsp3) is 0.250. The van der Waals surface area contributed by atoms with Crippen LogP contribution in [0.4, 0.5) is 14.5 Å². The lowest BCUT2D eigenvalue weighted by atomic mass is 9.99. The molecule has 5 aromatic rings. The quantitative estimate of drug-likeness (QED) is 0.230. The van der Waals surface area contributed by atoms with Crippen molar-refractivity contribution in [3.05, 3.63) is 76.1 Å². The largest absolute Gasteiger partial charge is 0.495 e. The zero-order valence-corrected chi connectivity index (χ0v) is 23.4. The number of ether oxygens (including phenoxy) is 2. The normalized spacial score (nSPS) is 12.2. The third-order valence-electron chi connectivity index (χ3n) is 6.51. The van der Waals surface area contributed by atoms with E-state index in [1.54, 1.807) is 29.9 Å². The number of rotatable bonds is 10. The van der Waals surface area contributed by atoms with E-state index in [4.69, 9.17) is 25.5 Å². The summed E-state index contributed by atoms with van der Waals surface area (Å²) in [6, 6.07) is 10.2. The number of aromatic nitrogens is 5. The summed E-state index contributed by atoms with van der Waals surface area (Å²) in [5, 5.41) is 15.5. The number of hydrogen-bond acceptors (Lipinski definition) is 8. The molecule has 0 saturated carbocycles. The molecule has 0 spiro atoms. The van der Waals surface area contributed by atoms with Crippen molar-refractivity contribution >= 4 is 34.1 Å². The molecule has 11 nitrogen and oxygen atoms in total. The van der Waals surface area contributed by atoms with E-state index in [-0.39, 0.29) is 35.8 Å². The molecule has 3 heterocycles. The van der Waals surface area contributed by atoms with E-state index in [1.807, 2.05) is 6.20 Å².